The van der Waals surface area contributed by atoms with Crippen LogP contribution in [0.4, 0.5) is 11.5 Å². The van der Waals surface area contributed by atoms with Gasteiger partial charge in [0.1, 0.15) is 0 Å². The summed E-state index contributed by atoms with van der Waals surface area (Å²) in [6.45, 7) is 5.46. The van der Waals surface area contributed by atoms with Crippen LogP contribution in [0, 0.1) is 6.92 Å². The van der Waals surface area contributed by atoms with Gasteiger partial charge in [-0.1, -0.05) is 6.58 Å². The summed E-state index contributed by atoms with van der Waals surface area (Å²) in [4.78, 5) is 4.02. The van der Waals surface area contributed by atoms with E-state index in [9.17, 15) is 0 Å². The lowest BCUT2D eigenvalue weighted by atomic mass is 10.2. The van der Waals surface area contributed by atoms with E-state index in [4.69, 9.17) is 5.73 Å². The smallest absolute Gasteiger partial charge is 0.153 e. The lowest BCUT2D eigenvalue weighted by molar-refractivity contribution is 1.28. The van der Waals surface area contributed by atoms with Crippen molar-refractivity contribution in [2.75, 3.05) is 11.1 Å². The molecule has 1 aromatic heterocycles. The largest absolute Gasteiger partial charge is 0.396 e. The Morgan fingerprint density at radius 1 is 1.73 bits per heavy atom. The van der Waals surface area contributed by atoms with E-state index in [0.717, 1.165) is 5.56 Å². The Morgan fingerprint density at radius 2 is 2.45 bits per heavy atom. The second kappa shape index (κ2) is 3.05. The molecule has 0 aliphatic rings. The van der Waals surface area contributed by atoms with E-state index in [0.29, 0.717) is 11.5 Å². The number of nitrogens with one attached hydrogen (secondary N) is 1. The number of anilines is 2. The zero-order valence-electron chi connectivity index (χ0n) is 6.46. The van der Waals surface area contributed by atoms with Crippen LogP contribution in [0.1, 0.15) is 5.56 Å². The highest BCUT2D eigenvalue weighted by Gasteiger charge is 1.98. The molecule has 3 heteroatoms. The Bertz CT molecular complexity index is 268. The van der Waals surface area contributed by atoms with Crippen molar-refractivity contribution >= 4 is 11.5 Å². The van der Waals surface area contributed by atoms with E-state index in [-0.39, 0.29) is 0 Å². The van der Waals surface area contributed by atoms with Crippen LogP contribution in [0.2, 0.25) is 0 Å². The summed E-state index contributed by atoms with van der Waals surface area (Å²) in [6.07, 6.45) is 3.26. The third-order valence-electron chi connectivity index (χ3n) is 1.45. The second-order valence-corrected chi connectivity index (χ2v) is 2.24. The Kier molecular flexibility index (Phi) is 2.11. The minimum atomic E-state index is 0.667. The Balaban J connectivity index is 3.05. The Hall–Kier alpha value is -1.51. The van der Waals surface area contributed by atoms with E-state index >= 15 is 0 Å². The molecule has 0 spiro atoms. The van der Waals surface area contributed by atoms with Gasteiger partial charge in [-0.25, -0.2) is 4.98 Å². The van der Waals surface area contributed by atoms with Gasteiger partial charge in [-0.3, -0.25) is 0 Å². The van der Waals surface area contributed by atoms with Crippen molar-refractivity contribution in [3.63, 3.8) is 0 Å². The van der Waals surface area contributed by atoms with Gasteiger partial charge in [-0.15, -0.1) is 0 Å². The van der Waals surface area contributed by atoms with E-state index in [2.05, 4.69) is 16.9 Å². The number of pyridine rings is 1. The van der Waals surface area contributed by atoms with Crippen LogP contribution in [-0.2, 0) is 0 Å². The van der Waals surface area contributed by atoms with Crippen LogP contribution in [0.5, 0.6) is 0 Å². The van der Waals surface area contributed by atoms with Gasteiger partial charge in [0.05, 0.1) is 5.69 Å². The first kappa shape index (κ1) is 7.60. The molecule has 0 fully saturated rings. The van der Waals surface area contributed by atoms with Crippen molar-refractivity contribution < 1.29 is 0 Å². The number of hydrogen-bond donors (Lipinski definition) is 2. The normalized spacial score (nSPS) is 9.18. The van der Waals surface area contributed by atoms with Crippen LogP contribution in [0.3, 0.4) is 0 Å². The molecule has 1 rings (SSSR count). The van der Waals surface area contributed by atoms with Crippen LogP contribution < -0.4 is 11.1 Å². The first-order valence-corrected chi connectivity index (χ1v) is 3.34. The first-order valence-electron chi connectivity index (χ1n) is 3.34. The van der Waals surface area contributed by atoms with E-state index in [1.165, 1.54) is 0 Å². The molecule has 3 N–H and O–H groups in total. The average Bonchev–Trinajstić information content (AvgIpc) is 1.99. The quantitative estimate of drug-likeness (QED) is 0.670. The number of aromatic nitrogens is 1. The molecule has 0 amide bonds. The molecular formula is C8H11N3. The van der Waals surface area contributed by atoms with Gasteiger partial charge in [0.15, 0.2) is 5.82 Å². The molecule has 3 nitrogen and oxygen atoms in total. The number of aryl methyl sites for hydroxylation is 1. The van der Waals surface area contributed by atoms with Gasteiger partial charge < -0.3 is 11.1 Å². The van der Waals surface area contributed by atoms with Crippen LogP contribution in [-0.4, -0.2) is 4.98 Å². The van der Waals surface area contributed by atoms with Crippen molar-refractivity contribution in [2.45, 2.75) is 6.92 Å². The van der Waals surface area contributed by atoms with Crippen molar-refractivity contribution in [1.82, 2.24) is 4.98 Å². The molecule has 0 aliphatic heterocycles. The van der Waals surface area contributed by atoms with Crippen LogP contribution in [0.15, 0.2) is 25.0 Å². The number of nitrogens with zero attached hydrogens (tertiary/aromatic N) is 1. The molecule has 58 valence electrons. The molecule has 0 aliphatic carbocycles. The maximum absolute atomic E-state index is 5.70. The molecule has 0 saturated heterocycles. The fraction of sp³-hybridized carbons (Fsp3) is 0.125. The second-order valence-electron chi connectivity index (χ2n) is 2.24. The monoisotopic (exact) mass is 149 g/mol. The lowest BCUT2D eigenvalue weighted by Crippen LogP contribution is -1.99. The highest BCUT2D eigenvalue weighted by Crippen LogP contribution is 2.17. The third-order valence-corrected chi connectivity index (χ3v) is 1.45. The third kappa shape index (κ3) is 1.49. The zero-order chi connectivity index (χ0) is 8.27. The van der Waals surface area contributed by atoms with Crippen LogP contribution in [0.25, 0.3) is 0 Å². The summed E-state index contributed by atoms with van der Waals surface area (Å²) in [5.41, 5.74) is 7.39. The zero-order valence-corrected chi connectivity index (χ0v) is 6.46. The molecule has 0 saturated carbocycles. The Morgan fingerprint density at radius 3 is 3.09 bits per heavy atom. The van der Waals surface area contributed by atoms with Crippen molar-refractivity contribution in [1.29, 1.82) is 0 Å². The van der Waals surface area contributed by atoms with Gasteiger partial charge in [0.2, 0.25) is 0 Å². The summed E-state index contributed by atoms with van der Waals surface area (Å²) in [5.74, 6) is 0.667. The summed E-state index contributed by atoms with van der Waals surface area (Å²) in [6, 6.07) is 1.86. The first-order chi connectivity index (χ1) is 5.25. The van der Waals surface area contributed by atoms with Gasteiger partial charge in [0.25, 0.3) is 0 Å². The predicted molar refractivity (Wildman–Crippen MR) is 47.2 cm³/mol. The minimum Gasteiger partial charge on any atom is -0.396 e. The maximum Gasteiger partial charge on any atom is 0.153 e. The summed E-state index contributed by atoms with van der Waals surface area (Å²) < 4.78 is 0. The summed E-state index contributed by atoms with van der Waals surface area (Å²) in [5, 5.41) is 2.84. The van der Waals surface area contributed by atoms with Gasteiger partial charge in [-0.05, 0) is 24.8 Å². The number of nitrogens with two attached hydrogens (primary N) is 1. The van der Waals surface area contributed by atoms with Gasteiger partial charge >= 0.3 is 0 Å². The van der Waals surface area contributed by atoms with E-state index in [1.807, 2.05) is 13.0 Å². The number of rotatable bonds is 2. The standard InChI is InChI=1S/C8H11N3/c1-3-10-8-7(9)6(2)4-5-11-8/h3-5H,1,9H2,2H3,(H,10,11). The molecule has 1 heterocycles. The molecule has 0 bridgehead atoms. The summed E-state index contributed by atoms with van der Waals surface area (Å²) >= 11 is 0. The maximum atomic E-state index is 5.70. The van der Waals surface area contributed by atoms with E-state index in [1.54, 1.807) is 12.4 Å². The molecule has 0 radical (unpaired) electrons. The SMILES string of the molecule is C=CNc1nccc(C)c1N. The number of hydrogen-bond acceptors (Lipinski definition) is 3. The molecule has 1 aromatic rings. The molecular weight excluding hydrogens is 138 g/mol. The topological polar surface area (TPSA) is 50.9 Å². The average molecular weight is 149 g/mol. The Labute approximate surface area is 65.9 Å². The molecule has 0 aromatic carbocycles. The fourth-order valence-electron chi connectivity index (χ4n) is 0.781. The minimum absolute atomic E-state index is 0.667. The van der Waals surface area contributed by atoms with Crippen molar-refractivity contribution in [3.05, 3.63) is 30.6 Å². The van der Waals surface area contributed by atoms with Crippen LogP contribution >= 0.6 is 0 Å². The lowest BCUT2D eigenvalue weighted by Gasteiger charge is -2.04. The molecule has 11 heavy (non-hydrogen) atoms. The van der Waals surface area contributed by atoms with Crippen molar-refractivity contribution in [3.8, 4) is 0 Å². The van der Waals surface area contributed by atoms with E-state index < -0.39 is 0 Å². The molecule has 0 atom stereocenters. The fourth-order valence-corrected chi connectivity index (χ4v) is 0.781. The van der Waals surface area contributed by atoms with Gasteiger partial charge in [0, 0.05) is 6.20 Å². The molecule has 0 unspecified atom stereocenters. The highest BCUT2D eigenvalue weighted by atomic mass is 15.0. The predicted octanol–water partition coefficient (Wildman–Crippen LogP) is 1.53. The summed E-state index contributed by atoms with van der Waals surface area (Å²) in [7, 11) is 0. The van der Waals surface area contributed by atoms with Gasteiger partial charge in [-0.2, -0.15) is 0 Å². The van der Waals surface area contributed by atoms with Crippen molar-refractivity contribution in [2.24, 2.45) is 0 Å². The highest BCUT2D eigenvalue weighted by molar-refractivity contribution is 5.65. The number of nitrogen functional groups attached to an aromatic ring is 1.